The number of aromatic nitrogens is 3. The fourth-order valence-corrected chi connectivity index (χ4v) is 2.49. The van der Waals surface area contributed by atoms with Gasteiger partial charge in [-0.05, 0) is 19.1 Å². The van der Waals surface area contributed by atoms with Crippen LogP contribution in [0.3, 0.4) is 0 Å². The van der Waals surface area contributed by atoms with E-state index in [9.17, 15) is 4.79 Å². The number of rotatable bonds is 3. The number of amides is 1. The molecule has 0 atom stereocenters. The lowest BCUT2D eigenvalue weighted by atomic mass is 10.3. The Bertz CT molecular complexity index is 701. The first kappa shape index (κ1) is 11.8. The van der Waals surface area contributed by atoms with Crippen molar-refractivity contribution in [2.75, 3.05) is 0 Å². The molecular formula is C12H10N4O2S. The maximum atomic E-state index is 11.9. The van der Waals surface area contributed by atoms with Crippen molar-refractivity contribution < 1.29 is 9.32 Å². The first-order valence-corrected chi connectivity index (χ1v) is 6.47. The number of para-hydroxylation sites is 1. The number of nitrogens with one attached hydrogen (secondary N) is 1. The van der Waals surface area contributed by atoms with Crippen LogP contribution in [0, 0.1) is 6.92 Å². The number of aryl methyl sites for hydroxylation is 1. The number of carbonyl (C=O) groups is 1. The predicted octanol–water partition coefficient (Wildman–Crippen LogP) is 1.92. The van der Waals surface area contributed by atoms with Gasteiger partial charge in [0.25, 0.3) is 5.91 Å². The summed E-state index contributed by atoms with van der Waals surface area (Å²) >= 11 is 1.36. The molecule has 1 amide bonds. The molecular weight excluding hydrogens is 264 g/mol. The van der Waals surface area contributed by atoms with Crippen molar-refractivity contribution in [1.82, 2.24) is 20.4 Å². The molecule has 0 radical (unpaired) electrons. The van der Waals surface area contributed by atoms with Crippen molar-refractivity contribution in [3.63, 3.8) is 0 Å². The Hall–Kier alpha value is -2.28. The summed E-state index contributed by atoms with van der Waals surface area (Å²) in [6, 6.07) is 7.63. The van der Waals surface area contributed by atoms with Gasteiger partial charge in [0.2, 0.25) is 5.89 Å². The van der Waals surface area contributed by atoms with Gasteiger partial charge in [0, 0.05) is 0 Å². The van der Waals surface area contributed by atoms with Gasteiger partial charge in [-0.2, -0.15) is 4.98 Å². The van der Waals surface area contributed by atoms with Crippen LogP contribution in [0.25, 0.3) is 10.2 Å². The molecule has 7 heteroatoms. The molecule has 0 aliphatic carbocycles. The lowest BCUT2D eigenvalue weighted by Gasteiger charge is -1.97. The van der Waals surface area contributed by atoms with Crippen molar-refractivity contribution in [3.8, 4) is 0 Å². The fourth-order valence-electron chi connectivity index (χ4n) is 1.61. The summed E-state index contributed by atoms with van der Waals surface area (Å²) in [4.78, 5) is 20.2. The summed E-state index contributed by atoms with van der Waals surface area (Å²) in [6.07, 6.45) is 0. The lowest BCUT2D eigenvalue weighted by Crippen LogP contribution is -2.22. The molecule has 1 N–H and O–H groups in total. The standard InChI is InChI=1S/C12H10N4O2S/c1-7-14-10(18-16-7)6-13-11(17)12-15-8-4-2-3-5-9(8)19-12/h2-5H,6H2,1H3,(H,13,17). The molecule has 0 spiro atoms. The maximum Gasteiger partial charge on any atom is 0.280 e. The van der Waals surface area contributed by atoms with Crippen LogP contribution in [0.5, 0.6) is 0 Å². The number of nitrogens with zero attached hydrogens (tertiary/aromatic N) is 3. The topological polar surface area (TPSA) is 80.9 Å². The second kappa shape index (κ2) is 4.77. The Labute approximate surface area is 112 Å². The minimum atomic E-state index is -0.239. The quantitative estimate of drug-likeness (QED) is 0.789. The molecule has 0 aliphatic rings. The number of thiazole rings is 1. The zero-order valence-corrected chi connectivity index (χ0v) is 10.9. The second-order valence-electron chi connectivity index (χ2n) is 3.90. The van der Waals surface area contributed by atoms with Crippen LogP contribution in [0.15, 0.2) is 28.8 Å². The molecule has 19 heavy (non-hydrogen) atoms. The highest BCUT2D eigenvalue weighted by Gasteiger charge is 2.13. The number of benzene rings is 1. The highest BCUT2D eigenvalue weighted by molar-refractivity contribution is 7.20. The van der Waals surface area contributed by atoms with Gasteiger partial charge in [-0.25, -0.2) is 4.98 Å². The number of hydrogen-bond acceptors (Lipinski definition) is 6. The van der Waals surface area contributed by atoms with E-state index < -0.39 is 0 Å². The first-order chi connectivity index (χ1) is 9.22. The van der Waals surface area contributed by atoms with E-state index in [1.54, 1.807) is 6.92 Å². The van der Waals surface area contributed by atoms with Crippen molar-refractivity contribution in [3.05, 3.63) is 41.0 Å². The van der Waals surface area contributed by atoms with Crippen LogP contribution in [-0.2, 0) is 6.54 Å². The minimum Gasteiger partial charge on any atom is -0.341 e. The zero-order chi connectivity index (χ0) is 13.2. The molecule has 0 fully saturated rings. The Balaban J connectivity index is 1.73. The molecule has 3 aromatic rings. The molecule has 0 saturated heterocycles. The van der Waals surface area contributed by atoms with E-state index in [1.807, 2.05) is 24.3 Å². The van der Waals surface area contributed by atoms with Gasteiger partial charge in [-0.1, -0.05) is 17.3 Å². The van der Waals surface area contributed by atoms with Crippen LogP contribution < -0.4 is 5.32 Å². The summed E-state index contributed by atoms with van der Waals surface area (Å²) in [5.74, 6) is 0.688. The van der Waals surface area contributed by atoms with Crippen molar-refractivity contribution in [2.45, 2.75) is 13.5 Å². The monoisotopic (exact) mass is 274 g/mol. The number of carbonyl (C=O) groups excluding carboxylic acids is 1. The third-order valence-corrected chi connectivity index (χ3v) is 3.49. The van der Waals surface area contributed by atoms with E-state index in [4.69, 9.17) is 4.52 Å². The van der Waals surface area contributed by atoms with E-state index in [2.05, 4.69) is 20.4 Å². The minimum absolute atomic E-state index is 0.204. The third kappa shape index (κ3) is 2.45. The summed E-state index contributed by atoms with van der Waals surface area (Å²) < 4.78 is 5.90. The second-order valence-corrected chi connectivity index (χ2v) is 4.94. The van der Waals surface area contributed by atoms with Crippen molar-refractivity contribution in [2.24, 2.45) is 0 Å². The van der Waals surface area contributed by atoms with Gasteiger partial charge >= 0.3 is 0 Å². The molecule has 0 bridgehead atoms. The van der Waals surface area contributed by atoms with E-state index >= 15 is 0 Å². The van der Waals surface area contributed by atoms with E-state index in [-0.39, 0.29) is 12.5 Å². The van der Waals surface area contributed by atoms with Crippen LogP contribution in [0.1, 0.15) is 21.5 Å². The van der Waals surface area contributed by atoms with Gasteiger partial charge in [0.15, 0.2) is 10.8 Å². The summed E-state index contributed by atoms with van der Waals surface area (Å²) in [5.41, 5.74) is 0.825. The molecule has 96 valence electrons. The van der Waals surface area contributed by atoms with Gasteiger partial charge in [-0.15, -0.1) is 11.3 Å². The summed E-state index contributed by atoms with van der Waals surface area (Å²) in [5, 5.41) is 6.78. The third-order valence-electron chi connectivity index (χ3n) is 2.46. The lowest BCUT2D eigenvalue weighted by molar-refractivity contribution is 0.0946. The Morgan fingerprint density at radius 3 is 2.95 bits per heavy atom. The van der Waals surface area contributed by atoms with E-state index in [0.29, 0.717) is 16.7 Å². The Morgan fingerprint density at radius 2 is 2.21 bits per heavy atom. The normalized spacial score (nSPS) is 10.8. The zero-order valence-electron chi connectivity index (χ0n) is 10.1. The number of hydrogen-bond donors (Lipinski definition) is 1. The molecule has 2 aromatic heterocycles. The van der Waals surface area contributed by atoms with Crippen LogP contribution >= 0.6 is 11.3 Å². The molecule has 0 saturated carbocycles. The average Bonchev–Trinajstić information content (AvgIpc) is 3.01. The molecule has 3 rings (SSSR count). The average molecular weight is 274 g/mol. The van der Waals surface area contributed by atoms with Gasteiger partial charge < -0.3 is 9.84 Å². The predicted molar refractivity (Wildman–Crippen MR) is 69.8 cm³/mol. The first-order valence-electron chi connectivity index (χ1n) is 5.65. The van der Waals surface area contributed by atoms with Crippen LogP contribution in [-0.4, -0.2) is 21.0 Å². The maximum absolute atomic E-state index is 11.9. The molecule has 0 aliphatic heterocycles. The number of fused-ring (bicyclic) bond motifs is 1. The molecule has 0 unspecified atom stereocenters. The molecule has 2 heterocycles. The SMILES string of the molecule is Cc1noc(CNC(=O)c2nc3ccccc3s2)n1. The van der Waals surface area contributed by atoms with Crippen molar-refractivity contribution >= 4 is 27.5 Å². The van der Waals surface area contributed by atoms with Gasteiger partial charge in [0.1, 0.15) is 0 Å². The summed E-state index contributed by atoms with van der Waals surface area (Å²) in [6.45, 7) is 1.93. The highest BCUT2D eigenvalue weighted by Crippen LogP contribution is 2.21. The fraction of sp³-hybridized carbons (Fsp3) is 0.167. The Kier molecular flexibility index (Phi) is 2.96. The van der Waals surface area contributed by atoms with Gasteiger partial charge in [-0.3, -0.25) is 4.79 Å². The Morgan fingerprint density at radius 1 is 1.37 bits per heavy atom. The van der Waals surface area contributed by atoms with Gasteiger partial charge in [0.05, 0.1) is 16.8 Å². The van der Waals surface area contributed by atoms with E-state index in [0.717, 1.165) is 10.2 Å². The smallest absolute Gasteiger partial charge is 0.280 e. The van der Waals surface area contributed by atoms with Crippen LogP contribution in [0.4, 0.5) is 0 Å². The van der Waals surface area contributed by atoms with Crippen molar-refractivity contribution in [1.29, 1.82) is 0 Å². The summed E-state index contributed by atoms with van der Waals surface area (Å²) in [7, 11) is 0. The largest absolute Gasteiger partial charge is 0.341 e. The van der Waals surface area contributed by atoms with Crippen LogP contribution in [0.2, 0.25) is 0 Å². The molecule has 6 nitrogen and oxygen atoms in total. The van der Waals surface area contributed by atoms with E-state index in [1.165, 1.54) is 11.3 Å². The highest BCUT2D eigenvalue weighted by atomic mass is 32.1. The molecule has 1 aromatic carbocycles.